The van der Waals surface area contributed by atoms with Crippen molar-refractivity contribution >= 4 is 5.57 Å². The lowest BCUT2D eigenvalue weighted by Gasteiger charge is -2.35. The summed E-state index contributed by atoms with van der Waals surface area (Å²) in [5.41, 5.74) is 16.2. The predicted molar refractivity (Wildman–Crippen MR) is 203 cm³/mol. The van der Waals surface area contributed by atoms with Gasteiger partial charge in [-0.3, -0.25) is 0 Å². The van der Waals surface area contributed by atoms with Crippen LogP contribution in [-0.4, -0.2) is 9.55 Å². The fourth-order valence-electron chi connectivity index (χ4n) is 8.80. The van der Waals surface area contributed by atoms with Gasteiger partial charge in [0.25, 0.3) is 0 Å². The summed E-state index contributed by atoms with van der Waals surface area (Å²) < 4.78 is 9.61. The Morgan fingerprint density at radius 3 is 2.06 bits per heavy atom. The molecule has 0 saturated carbocycles. The van der Waals surface area contributed by atoms with E-state index in [4.69, 9.17) is 9.72 Å². The first-order chi connectivity index (χ1) is 24.6. The first-order valence-electron chi connectivity index (χ1n) is 17.6. The highest BCUT2D eigenvalue weighted by molar-refractivity contribution is 5.91. The summed E-state index contributed by atoms with van der Waals surface area (Å²) in [5.74, 6) is 1.27. The Morgan fingerprint density at radius 1 is 0.640 bits per heavy atom. The molecule has 3 heteroatoms. The van der Waals surface area contributed by atoms with Crippen molar-refractivity contribution < 1.29 is 4.74 Å². The van der Waals surface area contributed by atoms with E-state index >= 15 is 0 Å². The SMILES string of the molecule is CC1Cc2ccccc2-c2c1c1c(n2-c2ccccc2)C(c2cc(-c3ccccc3)cc(-c3ccccc3)n2)=CC2(C)c3ccccc3OC12. The van der Waals surface area contributed by atoms with Crippen molar-refractivity contribution in [2.75, 3.05) is 0 Å². The summed E-state index contributed by atoms with van der Waals surface area (Å²) in [4.78, 5) is 5.53. The molecule has 0 bridgehead atoms. The molecule has 1 aliphatic heterocycles. The quantitative estimate of drug-likeness (QED) is 0.191. The van der Waals surface area contributed by atoms with Crippen molar-refractivity contribution in [1.29, 1.82) is 0 Å². The Morgan fingerprint density at radius 2 is 1.28 bits per heavy atom. The second kappa shape index (κ2) is 11.0. The van der Waals surface area contributed by atoms with Gasteiger partial charge in [0, 0.05) is 33.5 Å². The van der Waals surface area contributed by atoms with Crippen molar-refractivity contribution in [3.05, 3.63) is 191 Å². The average molecular weight is 645 g/mol. The van der Waals surface area contributed by atoms with Crippen LogP contribution in [0.3, 0.4) is 0 Å². The van der Waals surface area contributed by atoms with E-state index in [1.54, 1.807) is 0 Å². The van der Waals surface area contributed by atoms with Crippen LogP contribution in [0.25, 0.3) is 44.9 Å². The fraction of sp³-hybridized carbons (Fsp3) is 0.128. The van der Waals surface area contributed by atoms with Crippen LogP contribution in [0.15, 0.2) is 158 Å². The summed E-state index contributed by atoms with van der Waals surface area (Å²) in [6.45, 7) is 4.75. The van der Waals surface area contributed by atoms with E-state index in [1.807, 2.05) is 0 Å². The Bertz CT molecular complexity index is 2400. The van der Waals surface area contributed by atoms with E-state index in [2.05, 4.69) is 176 Å². The zero-order valence-electron chi connectivity index (χ0n) is 28.2. The van der Waals surface area contributed by atoms with Gasteiger partial charge in [-0.1, -0.05) is 134 Å². The van der Waals surface area contributed by atoms with Crippen LogP contribution in [0.4, 0.5) is 0 Å². The molecule has 3 unspecified atom stereocenters. The highest BCUT2D eigenvalue weighted by Crippen LogP contribution is 2.61. The third kappa shape index (κ3) is 4.26. The van der Waals surface area contributed by atoms with Gasteiger partial charge < -0.3 is 9.30 Å². The van der Waals surface area contributed by atoms with Gasteiger partial charge in [-0.25, -0.2) is 4.98 Å². The number of benzene rings is 5. The number of para-hydroxylation sites is 2. The Hall–Kier alpha value is -5.93. The summed E-state index contributed by atoms with van der Waals surface area (Å²) in [7, 11) is 0. The van der Waals surface area contributed by atoms with Crippen molar-refractivity contribution in [1.82, 2.24) is 9.55 Å². The molecule has 0 fully saturated rings. The number of pyridine rings is 1. The van der Waals surface area contributed by atoms with E-state index in [9.17, 15) is 0 Å². The van der Waals surface area contributed by atoms with Crippen molar-refractivity contribution in [3.8, 4) is 45.1 Å². The van der Waals surface area contributed by atoms with Crippen LogP contribution in [0, 0.1) is 0 Å². The highest BCUT2D eigenvalue weighted by atomic mass is 16.5. The number of nitrogens with zero attached hydrogens (tertiary/aromatic N) is 2. The first-order valence-corrected chi connectivity index (χ1v) is 17.6. The molecule has 2 aromatic heterocycles. The van der Waals surface area contributed by atoms with E-state index in [0.29, 0.717) is 5.92 Å². The summed E-state index contributed by atoms with van der Waals surface area (Å²) in [5, 5.41) is 0. The Balaban J connectivity index is 1.34. The second-order valence-electron chi connectivity index (χ2n) is 14.2. The fourth-order valence-corrected chi connectivity index (χ4v) is 8.80. The molecule has 0 saturated heterocycles. The molecule has 7 aromatic rings. The van der Waals surface area contributed by atoms with Crippen LogP contribution in [0.2, 0.25) is 0 Å². The molecular formula is C47H36N2O. The van der Waals surface area contributed by atoms with Crippen LogP contribution in [0.5, 0.6) is 5.75 Å². The zero-order chi connectivity index (χ0) is 33.4. The van der Waals surface area contributed by atoms with E-state index in [-0.39, 0.29) is 6.10 Å². The number of hydrogen-bond acceptors (Lipinski definition) is 2. The van der Waals surface area contributed by atoms with E-state index < -0.39 is 5.41 Å². The lowest BCUT2D eigenvalue weighted by molar-refractivity contribution is 0.180. The topological polar surface area (TPSA) is 27.1 Å². The maximum Gasteiger partial charge on any atom is 0.139 e. The summed E-state index contributed by atoms with van der Waals surface area (Å²) >= 11 is 0. The zero-order valence-corrected chi connectivity index (χ0v) is 28.2. The minimum Gasteiger partial charge on any atom is -0.484 e. The van der Waals surface area contributed by atoms with Crippen LogP contribution in [0.1, 0.15) is 59.5 Å². The molecule has 240 valence electrons. The maximum absolute atomic E-state index is 7.08. The van der Waals surface area contributed by atoms with E-state index in [1.165, 1.54) is 44.8 Å². The molecule has 3 nitrogen and oxygen atoms in total. The highest BCUT2D eigenvalue weighted by Gasteiger charge is 2.52. The summed E-state index contributed by atoms with van der Waals surface area (Å²) in [6, 6.07) is 54.2. The summed E-state index contributed by atoms with van der Waals surface area (Å²) in [6.07, 6.45) is 3.29. The van der Waals surface area contributed by atoms with Crippen LogP contribution in [-0.2, 0) is 11.8 Å². The number of fused-ring (bicyclic) bond motifs is 9. The molecule has 5 aromatic carbocycles. The Kier molecular flexibility index (Phi) is 6.41. The minimum atomic E-state index is -0.399. The van der Waals surface area contributed by atoms with Gasteiger partial charge in [0.15, 0.2) is 0 Å². The van der Waals surface area contributed by atoms with Crippen molar-refractivity contribution in [2.45, 2.75) is 37.7 Å². The van der Waals surface area contributed by atoms with Gasteiger partial charge in [-0.15, -0.1) is 0 Å². The number of ether oxygens (including phenoxy) is 1. The molecule has 0 N–H and O–H groups in total. The Labute approximate surface area is 293 Å². The molecule has 0 amide bonds. The molecule has 2 aliphatic carbocycles. The van der Waals surface area contributed by atoms with Gasteiger partial charge >= 0.3 is 0 Å². The number of aromatic nitrogens is 2. The van der Waals surface area contributed by atoms with E-state index in [0.717, 1.165) is 45.9 Å². The molecule has 50 heavy (non-hydrogen) atoms. The van der Waals surface area contributed by atoms with Gasteiger partial charge in [-0.05, 0) is 71.8 Å². The largest absolute Gasteiger partial charge is 0.484 e. The van der Waals surface area contributed by atoms with Crippen molar-refractivity contribution in [3.63, 3.8) is 0 Å². The lowest BCUT2D eigenvalue weighted by Crippen LogP contribution is -2.31. The number of hydrogen-bond donors (Lipinski definition) is 0. The number of rotatable bonds is 4. The van der Waals surface area contributed by atoms with Crippen LogP contribution < -0.4 is 4.74 Å². The monoisotopic (exact) mass is 644 g/mol. The maximum atomic E-state index is 7.08. The molecular weight excluding hydrogens is 609 g/mol. The van der Waals surface area contributed by atoms with Gasteiger partial charge in [0.2, 0.25) is 0 Å². The molecule has 0 spiro atoms. The first kappa shape index (κ1) is 29.0. The molecule has 10 rings (SSSR count). The van der Waals surface area contributed by atoms with Gasteiger partial charge in [-0.2, -0.15) is 0 Å². The van der Waals surface area contributed by atoms with Gasteiger partial charge in [0.1, 0.15) is 11.9 Å². The van der Waals surface area contributed by atoms with Crippen LogP contribution >= 0.6 is 0 Å². The normalized spacial score (nSPS) is 19.7. The molecule has 3 atom stereocenters. The average Bonchev–Trinajstić information content (AvgIpc) is 3.69. The second-order valence-corrected chi connectivity index (χ2v) is 14.2. The molecule has 3 heterocycles. The third-order valence-corrected chi connectivity index (χ3v) is 11.0. The van der Waals surface area contributed by atoms with Gasteiger partial charge in [0.05, 0.1) is 28.2 Å². The smallest absolute Gasteiger partial charge is 0.139 e. The lowest BCUT2D eigenvalue weighted by atomic mass is 9.68. The minimum absolute atomic E-state index is 0.170. The molecule has 3 aliphatic rings. The molecule has 0 radical (unpaired) electrons. The standard InChI is InChI=1S/C47H36N2O/c1-30-26-33-20-12-13-23-36(33)44-42(30)43-45(49(44)35-21-10-5-11-22-35)37(29-47(2)38-24-14-15-25-41(38)50-46(43)47)40-28-34(31-16-6-3-7-17-31)27-39(48-40)32-18-8-4-9-19-32/h3-25,27-30,46H,26H2,1-2H3. The van der Waals surface area contributed by atoms with Crippen molar-refractivity contribution in [2.24, 2.45) is 0 Å². The third-order valence-electron chi connectivity index (χ3n) is 11.0. The predicted octanol–water partition coefficient (Wildman–Crippen LogP) is 11.4.